The number of hydrogen-bond donors (Lipinski definition) is 0. The van der Waals surface area contributed by atoms with Crippen LogP contribution in [0, 0.1) is 58.2 Å². The molecule has 1 unspecified atom stereocenters. The van der Waals surface area contributed by atoms with E-state index >= 15 is 0 Å². The summed E-state index contributed by atoms with van der Waals surface area (Å²) in [6, 6.07) is 0. The Labute approximate surface area is 278 Å². The zero-order valence-electron chi connectivity index (χ0n) is 32.0. The lowest BCUT2D eigenvalue weighted by atomic mass is 9.48. The lowest BCUT2D eigenvalue weighted by molar-refractivity contribution is -0.189. The second-order valence-electron chi connectivity index (χ2n) is 15.2. The second-order valence-corrected chi connectivity index (χ2v) is 15.2. The van der Waals surface area contributed by atoms with E-state index in [1.165, 1.54) is 27.7 Å². The monoisotopic (exact) mass is 651 g/mol. The standard InChI is InChI=1S/C36H56O10/c1-18(2)19(3)32(45-23(7)39)33(46-24(8)40)20(4)26-11-12-27-25-17-42-34(41)29-15-30(43-21(5)37)31(44-22(6)38)16-36(29,10)28(25)13-14-35(26,27)9/h18-20,25-33H,11-17H2,1-10H3/t19-,20+,25+,26-,27+,28+,29-,30+,31-,32-,33-,35-,36-/m1/s1/i1D3/t18?,19-,20+,25+,26-,27+,28+,29-,30+,31-,32-,33-,35-,36-. The summed E-state index contributed by atoms with van der Waals surface area (Å²) in [6.07, 6.45) is 0.589. The van der Waals surface area contributed by atoms with Gasteiger partial charge in [0.1, 0.15) is 24.4 Å². The maximum Gasteiger partial charge on any atom is 0.309 e. The first-order valence-electron chi connectivity index (χ1n) is 18.5. The molecule has 1 saturated heterocycles. The maximum atomic E-state index is 13.6. The highest BCUT2D eigenvalue weighted by Gasteiger charge is 2.64. The molecule has 0 aromatic carbocycles. The van der Waals surface area contributed by atoms with Gasteiger partial charge in [-0.25, -0.2) is 0 Å². The third-order valence-electron chi connectivity index (χ3n) is 12.4. The highest BCUT2D eigenvalue weighted by atomic mass is 16.6. The molecule has 4 aliphatic rings. The fraction of sp³-hybridized carbons (Fsp3) is 0.861. The molecular weight excluding hydrogens is 592 g/mol. The number of carbonyl (C=O) groups excluding carboxylic acids is 5. The minimum Gasteiger partial charge on any atom is -0.465 e. The average Bonchev–Trinajstić information content (AvgIpc) is 3.28. The van der Waals surface area contributed by atoms with Crippen LogP contribution in [0.15, 0.2) is 0 Å². The highest BCUT2D eigenvalue weighted by molar-refractivity contribution is 5.75. The van der Waals surface area contributed by atoms with Crippen molar-refractivity contribution in [3.63, 3.8) is 0 Å². The number of fused-ring (bicyclic) bond motifs is 5. The van der Waals surface area contributed by atoms with Crippen LogP contribution in [-0.2, 0) is 47.7 Å². The van der Waals surface area contributed by atoms with Crippen molar-refractivity contribution in [3.05, 3.63) is 0 Å². The highest BCUT2D eigenvalue weighted by Crippen LogP contribution is 2.66. The molecule has 14 atom stereocenters. The number of cyclic esters (lactones) is 1. The van der Waals surface area contributed by atoms with E-state index in [1.54, 1.807) is 13.8 Å². The zero-order chi connectivity index (χ0) is 36.8. The summed E-state index contributed by atoms with van der Waals surface area (Å²) in [5.41, 5.74) is -0.812. The van der Waals surface area contributed by atoms with Crippen LogP contribution in [0.25, 0.3) is 0 Å². The van der Waals surface area contributed by atoms with Crippen molar-refractivity contribution >= 4 is 29.8 Å². The smallest absolute Gasteiger partial charge is 0.309 e. The van der Waals surface area contributed by atoms with Crippen molar-refractivity contribution in [2.75, 3.05) is 6.61 Å². The molecule has 0 bridgehead atoms. The summed E-state index contributed by atoms with van der Waals surface area (Å²) in [6.45, 7) is 12.8. The van der Waals surface area contributed by atoms with Crippen molar-refractivity contribution < 1.29 is 51.8 Å². The number of hydrogen-bond acceptors (Lipinski definition) is 10. The van der Waals surface area contributed by atoms with Gasteiger partial charge in [0, 0.05) is 44.1 Å². The summed E-state index contributed by atoms with van der Waals surface area (Å²) < 4.78 is 53.2. The molecular formula is C36H56O10. The molecule has 10 heteroatoms. The van der Waals surface area contributed by atoms with E-state index in [0.29, 0.717) is 6.42 Å². The Bertz CT molecular complexity index is 1290. The van der Waals surface area contributed by atoms with E-state index < -0.39 is 78.3 Å². The largest absolute Gasteiger partial charge is 0.465 e. The first-order chi connectivity index (χ1) is 22.6. The van der Waals surface area contributed by atoms with Crippen LogP contribution < -0.4 is 0 Å². The van der Waals surface area contributed by atoms with Crippen LogP contribution >= 0.6 is 0 Å². The van der Waals surface area contributed by atoms with E-state index in [9.17, 15) is 24.0 Å². The van der Waals surface area contributed by atoms with Crippen molar-refractivity contribution in [1.29, 1.82) is 0 Å². The predicted molar refractivity (Wildman–Crippen MR) is 168 cm³/mol. The summed E-state index contributed by atoms with van der Waals surface area (Å²) in [4.78, 5) is 62.7. The Hall–Kier alpha value is -2.65. The normalized spacial score (nSPS) is 39.8. The number of ether oxygens (including phenoxy) is 5. The Morgan fingerprint density at radius 1 is 0.826 bits per heavy atom. The van der Waals surface area contributed by atoms with Gasteiger partial charge in [-0.2, -0.15) is 0 Å². The van der Waals surface area contributed by atoms with Crippen LogP contribution in [0.2, 0.25) is 0 Å². The van der Waals surface area contributed by atoms with Gasteiger partial charge in [0.25, 0.3) is 0 Å². The first kappa shape index (κ1) is 31.9. The molecule has 1 heterocycles. The van der Waals surface area contributed by atoms with Crippen LogP contribution in [0.3, 0.4) is 0 Å². The number of rotatable bonds is 9. The maximum absolute atomic E-state index is 13.6. The lowest BCUT2D eigenvalue weighted by Gasteiger charge is -2.56. The number of carbonyl (C=O) groups is 5. The van der Waals surface area contributed by atoms with Crippen molar-refractivity contribution in [3.8, 4) is 0 Å². The first-order valence-corrected chi connectivity index (χ1v) is 17.0. The molecule has 0 N–H and O–H groups in total. The minimum absolute atomic E-state index is 0.0177. The fourth-order valence-corrected chi connectivity index (χ4v) is 10.2. The molecule has 1 aliphatic heterocycles. The third kappa shape index (κ3) is 6.96. The van der Waals surface area contributed by atoms with Gasteiger partial charge in [-0.1, -0.05) is 41.5 Å². The zero-order valence-corrected chi connectivity index (χ0v) is 29.0. The van der Waals surface area contributed by atoms with Gasteiger partial charge >= 0.3 is 29.8 Å². The lowest BCUT2D eigenvalue weighted by Crippen LogP contribution is -2.56. The third-order valence-corrected chi connectivity index (χ3v) is 12.4. The van der Waals surface area contributed by atoms with E-state index in [0.717, 1.165) is 25.7 Å². The summed E-state index contributed by atoms with van der Waals surface area (Å²) >= 11 is 0. The molecule has 4 fully saturated rings. The molecule has 0 aromatic rings. The van der Waals surface area contributed by atoms with E-state index in [2.05, 4.69) is 13.8 Å². The quantitative estimate of drug-likeness (QED) is 0.227. The molecule has 0 amide bonds. The van der Waals surface area contributed by atoms with E-state index in [-0.39, 0.29) is 54.0 Å². The molecule has 0 spiro atoms. The molecule has 3 aliphatic carbocycles. The summed E-state index contributed by atoms with van der Waals surface area (Å²) in [5, 5.41) is 0. The van der Waals surface area contributed by atoms with Gasteiger partial charge in [-0.05, 0) is 78.4 Å². The van der Waals surface area contributed by atoms with Gasteiger partial charge in [0.15, 0.2) is 0 Å². The average molecular weight is 652 g/mol. The van der Waals surface area contributed by atoms with E-state index in [4.69, 9.17) is 27.8 Å². The number of esters is 5. The summed E-state index contributed by atoms with van der Waals surface area (Å²) in [5.74, 6) is -4.40. The van der Waals surface area contributed by atoms with Gasteiger partial charge < -0.3 is 23.7 Å². The van der Waals surface area contributed by atoms with Crippen LogP contribution in [-0.4, -0.2) is 60.9 Å². The Morgan fingerprint density at radius 3 is 2.00 bits per heavy atom. The Kier molecular flexibility index (Phi) is 9.60. The summed E-state index contributed by atoms with van der Waals surface area (Å²) in [7, 11) is 0. The van der Waals surface area contributed by atoms with Crippen molar-refractivity contribution in [2.45, 2.75) is 132 Å². The van der Waals surface area contributed by atoms with Gasteiger partial charge in [0.05, 0.1) is 12.5 Å². The predicted octanol–water partition coefficient (Wildman–Crippen LogP) is 5.67. The fourth-order valence-electron chi connectivity index (χ4n) is 10.2. The molecule has 46 heavy (non-hydrogen) atoms. The molecule has 3 saturated carbocycles. The van der Waals surface area contributed by atoms with Crippen LogP contribution in [0.4, 0.5) is 0 Å². The van der Waals surface area contributed by atoms with Crippen LogP contribution in [0.5, 0.6) is 0 Å². The topological polar surface area (TPSA) is 132 Å². The Morgan fingerprint density at radius 2 is 1.41 bits per heavy atom. The van der Waals surface area contributed by atoms with Crippen molar-refractivity contribution in [1.82, 2.24) is 0 Å². The molecule has 0 radical (unpaired) electrons. The minimum atomic E-state index is -2.30. The second kappa shape index (κ2) is 13.8. The molecule has 10 nitrogen and oxygen atoms in total. The van der Waals surface area contributed by atoms with Crippen molar-refractivity contribution in [2.24, 2.45) is 58.2 Å². The molecule has 260 valence electrons. The molecule has 0 aromatic heterocycles. The van der Waals surface area contributed by atoms with Gasteiger partial charge in [0.2, 0.25) is 0 Å². The van der Waals surface area contributed by atoms with E-state index in [1.807, 2.05) is 6.92 Å². The van der Waals surface area contributed by atoms with Gasteiger partial charge in [-0.3, -0.25) is 24.0 Å². The van der Waals surface area contributed by atoms with Crippen LogP contribution in [0.1, 0.15) is 112 Å². The Balaban J connectivity index is 1.67. The molecule has 4 rings (SSSR count). The van der Waals surface area contributed by atoms with Gasteiger partial charge in [-0.15, -0.1) is 0 Å². The SMILES string of the molecule is [2H]C([2H])([2H])C(C)[C@@H](C)[C@@H](OC(C)=O)[C@H](OC(C)=O)[C@@H](C)[C@H]1CC[C@H]2[C@@H]3COC(=O)[C@H]4C[C@H](OC(C)=O)[C@H](OC(C)=O)C[C@]4(C)[C@H]3CC[C@]12C.